The second kappa shape index (κ2) is 5.42. The van der Waals surface area contributed by atoms with Gasteiger partial charge in [-0.15, -0.1) is 0 Å². The van der Waals surface area contributed by atoms with Gasteiger partial charge in [0.05, 0.1) is 18.7 Å². The summed E-state index contributed by atoms with van der Waals surface area (Å²) in [5.74, 6) is 0.715. The third kappa shape index (κ3) is 2.50. The average molecular weight is 263 g/mol. The van der Waals surface area contributed by atoms with E-state index in [-0.39, 0.29) is 6.61 Å². The number of rotatable bonds is 3. The summed E-state index contributed by atoms with van der Waals surface area (Å²) in [6.07, 6.45) is 0. The SMILES string of the molecule is COc1c(C)cc(-c2ccc(CO)cc2)cc1Cl. The third-order valence-electron chi connectivity index (χ3n) is 2.90. The van der Waals surface area contributed by atoms with Crippen LogP contribution >= 0.6 is 11.6 Å². The summed E-state index contributed by atoms with van der Waals surface area (Å²) in [7, 11) is 1.62. The summed E-state index contributed by atoms with van der Waals surface area (Å²) in [5, 5.41) is 9.63. The average Bonchev–Trinajstić information content (AvgIpc) is 2.38. The van der Waals surface area contributed by atoms with Crippen molar-refractivity contribution in [3.05, 3.63) is 52.5 Å². The molecule has 0 aliphatic carbocycles. The van der Waals surface area contributed by atoms with Gasteiger partial charge >= 0.3 is 0 Å². The zero-order chi connectivity index (χ0) is 13.1. The molecular formula is C15H15ClO2. The van der Waals surface area contributed by atoms with Gasteiger partial charge in [0.25, 0.3) is 0 Å². The highest BCUT2D eigenvalue weighted by atomic mass is 35.5. The number of hydrogen-bond donors (Lipinski definition) is 1. The molecule has 0 spiro atoms. The van der Waals surface area contributed by atoms with E-state index in [4.69, 9.17) is 21.4 Å². The summed E-state index contributed by atoms with van der Waals surface area (Å²) < 4.78 is 5.24. The Labute approximate surface area is 112 Å². The van der Waals surface area contributed by atoms with Crippen molar-refractivity contribution in [3.63, 3.8) is 0 Å². The normalized spacial score (nSPS) is 10.4. The van der Waals surface area contributed by atoms with Crippen LogP contribution < -0.4 is 4.74 Å². The minimum atomic E-state index is 0.0582. The van der Waals surface area contributed by atoms with E-state index in [1.165, 1.54) is 0 Å². The molecule has 0 bridgehead atoms. The molecule has 2 aromatic carbocycles. The maximum absolute atomic E-state index is 9.02. The fourth-order valence-corrected chi connectivity index (χ4v) is 2.30. The predicted octanol–water partition coefficient (Wildman–Crippen LogP) is 3.82. The molecule has 0 atom stereocenters. The summed E-state index contributed by atoms with van der Waals surface area (Å²) in [6.45, 7) is 2.03. The van der Waals surface area contributed by atoms with Crippen LogP contribution in [-0.4, -0.2) is 12.2 Å². The van der Waals surface area contributed by atoms with Crippen LogP contribution in [0, 0.1) is 6.92 Å². The van der Waals surface area contributed by atoms with E-state index in [0.717, 1.165) is 22.3 Å². The summed E-state index contributed by atoms with van der Waals surface area (Å²) in [5.41, 5.74) is 4.02. The van der Waals surface area contributed by atoms with Crippen molar-refractivity contribution in [2.75, 3.05) is 7.11 Å². The van der Waals surface area contributed by atoms with Crippen LogP contribution in [-0.2, 0) is 6.61 Å². The van der Waals surface area contributed by atoms with Gasteiger partial charge in [0, 0.05) is 0 Å². The summed E-state index contributed by atoms with van der Waals surface area (Å²) in [4.78, 5) is 0. The highest BCUT2D eigenvalue weighted by Crippen LogP contribution is 2.33. The monoisotopic (exact) mass is 262 g/mol. The fraction of sp³-hybridized carbons (Fsp3) is 0.200. The minimum Gasteiger partial charge on any atom is -0.495 e. The summed E-state index contributed by atoms with van der Waals surface area (Å²) >= 11 is 6.18. The van der Waals surface area contributed by atoms with Crippen molar-refractivity contribution in [2.24, 2.45) is 0 Å². The van der Waals surface area contributed by atoms with E-state index in [2.05, 4.69) is 0 Å². The number of aliphatic hydroxyl groups excluding tert-OH is 1. The molecule has 0 aliphatic heterocycles. The molecule has 0 saturated heterocycles. The Morgan fingerprint density at radius 3 is 2.28 bits per heavy atom. The van der Waals surface area contributed by atoms with E-state index in [0.29, 0.717) is 10.8 Å². The van der Waals surface area contributed by atoms with Gasteiger partial charge < -0.3 is 9.84 Å². The number of hydrogen-bond acceptors (Lipinski definition) is 2. The fourth-order valence-electron chi connectivity index (χ4n) is 1.96. The number of benzene rings is 2. The minimum absolute atomic E-state index is 0.0582. The molecule has 0 radical (unpaired) electrons. The van der Waals surface area contributed by atoms with E-state index in [1.807, 2.05) is 43.3 Å². The molecule has 0 saturated carbocycles. The Hall–Kier alpha value is -1.51. The first-order valence-electron chi connectivity index (χ1n) is 5.70. The maximum atomic E-state index is 9.02. The lowest BCUT2D eigenvalue weighted by Gasteiger charge is -2.10. The molecule has 0 heterocycles. The zero-order valence-corrected chi connectivity index (χ0v) is 11.2. The second-order valence-corrected chi connectivity index (χ2v) is 4.57. The molecule has 0 unspecified atom stereocenters. The number of methoxy groups -OCH3 is 1. The van der Waals surface area contributed by atoms with E-state index < -0.39 is 0 Å². The molecule has 0 fully saturated rings. The van der Waals surface area contributed by atoms with E-state index in [9.17, 15) is 0 Å². The Balaban J connectivity index is 2.44. The van der Waals surface area contributed by atoms with Crippen molar-refractivity contribution in [2.45, 2.75) is 13.5 Å². The third-order valence-corrected chi connectivity index (χ3v) is 3.18. The van der Waals surface area contributed by atoms with E-state index >= 15 is 0 Å². The van der Waals surface area contributed by atoms with Crippen molar-refractivity contribution in [1.29, 1.82) is 0 Å². The van der Waals surface area contributed by atoms with Crippen LogP contribution in [0.4, 0.5) is 0 Å². The Morgan fingerprint density at radius 2 is 1.78 bits per heavy atom. The Kier molecular flexibility index (Phi) is 3.90. The molecule has 94 valence electrons. The molecule has 0 aromatic heterocycles. The van der Waals surface area contributed by atoms with Gasteiger partial charge in [0.2, 0.25) is 0 Å². The molecule has 2 rings (SSSR count). The number of aryl methyl sites for hydroxylation is 1. The van der Waals surface area contributed by atoms with Crippen LogP contribution in [0.25, 0.3) is 11.1 Å². The lowest BCUT2D eigenvalue weighted by Crippen LogP contribution is -1.90. The van der Waals surface area contributed by atoms with Gasteiger partial charge in [-0.3, -0.25) is 0 Å². The van der Waals surface area contributed by atoms with Gasteiger partial charge in [0.15, 0.2) is 0 Å². The quantitative estimate of drug-likeness (QED) is 0.911. The van der Waals surface area contributed by atoms with Gasteiger partial charge in [0.1, 0.15) is 5.75 Å². The lowest BCUT2D eigenvalue weighted by molar-refractivity contribution is 0.282. The highest BCUT2D eigenvalue weighted by Gasteiger charge is 2.08. The van der Waals surface area contributed by atoms with Crippen LogP contribution in [0.1, 0.15) is 11.1 Å². The first-order chi connectivity index (χ1) is 8.65. The molecule has 3 heteroatoms. The van der Waals surface area contributed by atoms with E-state index in [1.54, 1.807) is 7.11 Å². The van der Waals surface area contributed by atoms with Crippen LogP contribution in [0.2, 0.25) is 5.02 Å². The standard InChI is InChI=1S/C15H15ClO2/c1-10-7-13(8-14(16)15(10)18-2)12-5-3-11(9-17)4-6-12/h3-8,17H,9H2,1-2H3. The van der Waals surface area contributed by atoms with Gasteiger partial charge in [-0.2, -0.15) is 0 Å². The largest absolute Gasteiger partial charge is 0.495 e. The van der Waals surface area contributed by atoms with Gasteiger partial charge in [-0.05, 0) is 41.3 Å². The zero-order valence-electron chi connectivity index (χ0n) is 10.4. The Bertz CT molecular complexity index is 524. The first kappa shape index (κ1) is 12.9. The van der Waals surface area contributed by atoms with Crippen molar-refractivity contribution < 1.29 is 9.84 Å². The van der Waals surface area contributed by atoms with Crippen LogP contribution in [0.15, 0.2) is 36.4 Å². The van der Waals surface area contributed by atoms with Crippen molar-refractivity contribution in [1.82, 2.24) is 0 Å². The summed E-state index contributed by atoms with van der Waals surface area (Å²) in [6, 6.07) is 11.7. The van der Waals surface area contributed by atoms with Crippen molar-refractivity contribution >= 4 is 11.6 Å². The van der Waals surface area contributed by atoms with Crippen molar-refractivity contribution in [3.8, 4) is 16.9 Å². The van der Waals surface area contributed by atoms with Crippen LogP contribution in [0.3, 0.4) is 0 Å². The molecule has 0 aliphatic rings. The molecule has 0 amide bonds. The lowest BCUT2D eigenvalue weighted by atomic mass is 10.0. The molecule has 2 aromatic rings. The van der Waals surface area contributed by atoms with Gasteiger partial charge in [-0.25, -0.2) is 0 Å². The second-order valence-electron chi connectivity index (χ2n) is 4.16. The molecular weight excluding hydrogens is 248 g/mol. The molecule has 1 N–H and O–H groups in total. The number of halogens is 1. The van der Waals surface area contributed by atoms with Crippen LogP contribution in [0.5, 0.6) is 5.75 Å². The molecule has 18 heavy (non-hydrogen) atoms. The molecule has 2 nitrogen and oxygen atoms in total. The number of aliphatic hydroxyl groups is 1. The maximum Gasteiger partial charge on any atom is 0.140 e. The Morgan fingerprint density at radius 1 is 1.11 bits per heavy atom. The number of ether oxygens (including phenoxy) is 1. The highest BCUT2D eigenvalue weighted by molar-refractivity contribution is 6.32. The first-order valence-corrected chi connectivity index (χ1v) is 6.08. The smallest absolute Gasteiger partial charge is 0.140 e. The topological polar surface area (TPSA) is 29.5 Å². The van der Waals surface area contributed by atoms with Gasteiger partial charge in [-0.1, -0.05) is 35.9 Å². The predicted molar refractivity (Wildman–Crippen MR) is 74.1 cm³/mol.